The van der Waals surface area contributed by atoms with E-state index in [2.05, 4.69) is 24.4 Å². The van der Waals surface area contributed by atoms with Gasteiger partial charge in [0.2, 0.25) is 0 Å². The van der Waals surface area contributed by atoms with E-state index in [-0.39, 0.29) is 12.1 Å². The van der Waals surface area contributed by atoms with Crippen LogP contribution in [0.3, 0.4) is 0 Å². The Morgan fingerprint density at radius 3 is 3.00 bits per heavy atom. The minimum atomic E-state index is -0.252. The summed E-state index contributed by atoms with van der Waals surface area (Å²) in [5, 5.41) is 13.1. The third-order valence-corrected chi connectivity index (χ3v) is 2.63. The monoisotopic (exact) mass is 177 g/mol. The van der Waals surface area contributed by atoms with Gasteiger partial charge in [-0.05, 0) is 17.7 Å². The van der Waals surface area contributed by atoms with Crippen molar-refractivity contribution in [3.8, 4) is 0 Å². The molecule has 0 heterocycles. The first kappa shape index (κ1) is 8.73. The molecular weight excluding hydrogens is 162 g/mol. The molecule has 1 aliphatic carbocycles. The number of fused-ring (bicyclic) bond motifs is 1. The first-order valence-corrected chi connectivity index (χ1v) is 4.82. The van der Waals surface area contributed by atoms with E-state index in [1.54, 1.807) is 0 Å². The topological polar surface area (TPSA) is 32.3 Å². The van der Waals surface area contributed by atoms with E-state index in [0.717, 1.165) is 13.0 Å². The number of hydrogen-bond acceptors (Lipinski definition) is 2. The van der Waals surface area contributed by atoms with Crippen LogP contribution in [-0.4, -0.2) is 17.8 Å². The third-order valence-electron chi connectivity index (χ3n) is 2.63. The van der Waals surface area contributed by atoms with Gasteiger partial charge in [0.1, 0.15) is 0 Å². The van der Waals surface area contributed by atoms with Crippen LogP contribution in [0, 0.1) is 0 Å². The Morgan fingerprint density at radius 2 is 2.23 bits per heavy atom. The van der Waals surface area contributed by atoms with Gasteiger partial charge in [0, 0.05) is 6.42 Å². The van der Waals surface area contributed by atoms with E-state index in [1.807, 2.05) is 12.1 Å². The maximum atomic E-state index is 9.78. The van der Waals surface area contributed by atoms with Crippen LogP contribution in [0.15, 0.2) is 24.3 Å². The van der Waals surface area contributed by atoms with Crippen LogP contribution in [0.5, 0.6) is 0 Å². The number of rotatable bonds is 2. The molecule has 2 atom stereocenters. The highest BCUT2D eigenvalue weighted by Gasteiger charge is 2.29. The van der Waals surface area contributed by atoms with E-state index in [1.165, 1.54) is 11.1 Å². The van der Waals surface area contributed by atoms with Gasteiger partial charge >= 0.3 is 0 Å². The Hall–Kier alpha value is -0.860. The van der Waals surface area contributed by atoms with Crippen LogP contribution in [0.2, 0.25) is 0 Å². The predicted molar refractivity (Wildman–Crippen MR) is 52.6 cm³/mol. The lowest BCUT2D eigenvalue weighted by Gasteiger charge is -2.16. The Kier molecular flexibility index (Phi) is 2.34. The molecule has 1 aliphatic rings. The molecule has 0 radical (unpaired) electrons. The summed E-state index contributed by atoms with van der Waals surface area (Å²) in [6.45, 7) is 2.96. The van der Waals surface area contributed by atoms with E-state index < -0.39 is 0 Å². The number of nitrogens with one attached hydrogen (secondary N) is 1. The fraction of sp³-hybridized carbons (Fsp3) is 0.455. The average molecular weight is 177 g/mol. The summed E-state index contributed by atoms with van der Waals surface area (Å²) in [4.78, 5) is 0. The van der Waals surface area contributed by atoms with Crippen LogP contribution < -0.4 is 5.32 Å². The number of benzene rings is 1. The van der Waals surface area contributed by atoms with Crippen molar-refractivity contribution in [2.45, 2.75) is 25.5 Å². The quantitative estimate of drug-likeness (QED) is 0.712. The Balaban J connectivity index is 2.29. The number of likely N-dealkylation sites (N-methyl/N-ethyl adjacent to an activating group) is 1. The summed E-state index contributed by atoms with van der Waals surface area (Å²) in [6.07, 6.45) is 0.533. The molecular formula is C11H15NO. The van der Waals surface area contributed by atoms with Crippen molar-refractivity contribution < 1.29 is 5.11 Å². The van der Waals surface area contributed by atoms with Gasteiger partial charge in [-0.25, -0.2) is 0 Å². The predicted octanol–water partition coefficient (Wildman–Crippen LogP) is 1.25. The van der Waals surface area contributed by atoms with E-state index in [9.17, 15) is 5.11 Å². The second-order valence-corrected chi connectivity index (χ2v) is 3.51. The number of aliphatic hydroxyl groups is 1. The lowest BCUT2D eigenvalue weighted by atomic mass is 10.1. The normalized spacial score (nSPS) is 26.0. The van der Waals surface area contributed by atoms with Gasteiger partial charge < -0.3 is 10.4 Å². The zero-order valence-corrected chi connectivity index (χ0v) is 7.83. The molecule has 0 amide bonds. The molecule has 2 rings (SSSR count). The van der Waals surface area contributed by atoms with Gasteiger partial charge in [-0.15, -0.1) is 0 Å². The smallest absolute Gasteiger partial charge is 0.0775 e. The van der Waals surface area contributed by atoms with E-state index >= 15 is 0 Å². The summed E-state index contributed by atoms with van der Waals surface area (Å²) < 4.78 is 0. The third kappa shape index (κ3) is 1.47. The van der Waals surface area contributed by atoms with Crippen LogP contribution in [0.25, 0.3) is 0 Å². The molecule has 2 N–H and O–H groups in total. The summed E-state index contributed by atoms with van der Waals surface area (Å²) >= 11 is 0. The largest absolute Gasteiger partial charge is 0.391 e. The maximum absolute atomic E-state index is 9.78. The molecule has 0 aliphatic heterocycles. The molecule has 0 saturated heterocycles. The summed E-state index contributed by atoms with van der Waals surface area (Å²) in [5.74, 6) is 0. The van der Waals surface area contributed by atoms with Crippen LogP contribution in [0.4, 0.5) is 0 Å². The number of aliphatic hydroxyl groups excluding tert-OH is 1. The average Bonchev–Trinajstić information content (AvgIpc) is 2.44. The Labute approximate surface area is 78.6 Å². The van der Waals surface area contributed by atoms with Crippen LogP contribution >= 0.6 is 0 Å². The second-order valence-electron chi connectivity index (χ2n) is 3.51. The highest BCUT2D eigenvalue weighted by molar-refractivity contribution is 5.36. The lowest BCUT2D eigenvalue weighted by molar-refractivity contribution is 0.142. The van der Waals surface area contributed by atoms with Gasteiger partial charge in [0.05, 0.1) is 12.1 Å². The van der Waals surface area contributed by atoms with Gasteiger partial charge in [-0.3, -0.25) is 0 Å². The van der Waals surface area contributed by atoms with Crippen molar-refractivity contribution in [3.05, 3.63) is 35.4 Å². The van der Waals surface area contributed by atoms with Gasteiger partial charge in [-0.1, -0.05) is 31.2 Å². The molecule has 2 nitrogen and oxygen atoms in total. The first-order valence-electron chi connectivity index (χ1n) is 4.82. The Morgan fingerprint density at radius 1 is 1.46 bits per heavy atom. The lowest BCUT2D eigenvalue weighted by Crippen LogP contribution is -2.28. The maximum Gasteiger partial charge on any atom is 0.0775 e. The van der Waals surface area contributed by atoms with E-state index in [4.69, 9.17) is 0 Å². The first-order chi connectivity index (χ1) is 6.33. The number of hydrogen-bond donors (Lipinski definition) is 2. The SMILES string of the molecule is CCN[C@@H]1c2ccccc2C[C@@H]1O. The molecule has 2 heteroatoms. The molecule has 0 spiro atoms. The second kappa shape index (κ2) is 3.48. The van der Waals surface area contributed by atoms with Crippen molar-refractivity contribution in [3.63, 3.8) is 0 Å². The molecule has 0 saturated carbocycles. The van der Waals surface area contributed by atoms with Gasteiger partial charge in [0.15, 0.2) is 0 Å². The van der Waals surface area contributed by atoms with Gasteiger partial charge in [0.25, 0.3) is 0 Å². The van der Waals surface area contributed by atoms with E-state index in [0.29, 0.717) is 0 Å². The molecule has 13 heavy (non-hydrogen) atoms. The molecule has 0 unspecified atom stereocenters. The zero-order valence-electron chi connectivity index (χ0n) is 7.83. The van der Waals surface area contributed by atoms with Crippen LogP contribution in [0.1, 0.15) is 24.1 Å². The van der Waals surface area contributed by atoms with Crippen molar-refractivity contribution in [2.24, 2.45) is 0 Å². The van der Waals surface area contributed by atoms with Crippen molar-refractivity contribution in [1.82, 2.24) is 5.32 Å². The molecule has 70 valence electrons. The molecule has 1 aromatic carbocycles. The van der Waals surface area contributed by atoms with Gasteiger partial charge in [-0.2, -0.15) is 0 Å². The van der Waals surface area contributed by atoms with Crippen LogP contribution in [-0.2, 0) is 6.42 Å². The molecule has 0 aromatic heterocycles. The zero-order chi connectivity index (χ0) is 9.26. The van der Waals surface area contributed by atoms with Crippen molar-refractivity contribution >= 4 is 0 Å². The fourth-order valence-corrected chi connectivity index (χ4v) is 2.04. The minimum Gasteiger partial charge on any atom is -0.391 e. The highest BCUT2D eigenvalue weighted by Crippen LogP contribution is 2.30. The summed E-state index contributed by atoms with van der Waals surface area (Å²) in [6, 6.07) is 8.39. The molecule has 1 aromatic rings. The molecule has 0 bridgehead atoms. The van der Waals surface area contributed by atoms with Crippen molar-refractivity contribution in [2.75, 3.05) is 6.54 Å². The fourth-order valence-electron chi connectivity index (χ4n) is 2.04. The minimum absolute atomic E-state index is 0.140. The summed E-state index contributed by atoms with van der Waals surface area (Å²) in [7, 11) is 0. The Bertz CT molecular complexity index is 298. The van der Waals surface area contributed by atoms with Crippen molar-refractivity contribution in [1.29, 1.82) is 0 Å². The molecule has 0 fully saturated rings. The highest BCUT2D eigenvalue weighted by atomic mass is 16.3. The summed E-state index contributed by atoms with van der Waals surface area (Å²) in [5.41, 5.74) is 2.54. The standard InChI is InChI=1S/C11H15NO/c1-2-12-11-9-6-4-3-5-8(9)7-10(11)13/h3-6,10-13H,2,7H2,1H3/t10-,11+/m0/s1.